The van der Waals surface area contributed by atoms with Gasteiger partial charge in [-0.1, -0.05) is 0 Å². The van der Waals surface area contributed by atoms with Crippen LogP contribution in [0.5, 0.6) is 0 Å². The number of piperidine rings is 1. The Bertz CT molecular complexity index is 158. The second-order valence-electron chi connectivity index (χ2n) is 3.63. The Kier molecular flexibility index (Phi) is 1.63. The van der Waals surface area contributed by atoms with Crippen molar-refractivity contribution in [3.05, 3.63) is 0 Å². The van der Waals surface area contributed by atoms with Crippen LogP contribution >= 0.6 is 0 Å². The summed E-state index contributed by atoms with van der Waals surface area (Å²) in [6, 6.07) is -0.503. The van der Waals surface area contributed by atoms with Crippen LogP contribution in [0.4, 0.5) is 8.78 Å². The number of alkyl halides is 2. The lowest BCUT2D eigenvalue weighted by Gasteiger charge is -2.29. The monoisotopic (exact) mass is 161 g/mol. The number of rotatable bonds is 0. The second kappa shape index (κ2) is 2.41. The summed E-state index contributed by atoms with van der Waals surface area (Å²) in [6.07, 6.45) is 2.87. The van der Waals surface area contributed by atoms with E-state index in [1.54, 1.807) is 0 Å². The van der Waals surface area contributed by atoms with E-state index >= 15 is 0 Å². The Balaban J connectivity index is 2.10. The van der Waals surface area contributed by atoms with Crippen LogP contribution in [0.2, 0.25) is 0 Å². The normalized spacial score (nSPS) is 42.0. The van der Waals surface area contributed by atoms with Gasteiger partial charge in [-0.05, 0) is 31.7 Å². The van der Waals surface area contributed by atoms with Gasteiger partial charge < -0.3 is 5.32 Å². The predicted molar refractivity (Wildman–Crippen MR) is 38.7 cm³/mol. The zero-order valence-electron chi connectivity index (χ0n) is 6.45. The molecule has 0 aromatic heterocycles. The molecule has 64 valence electrons. The van der Waals surface area contributed by atoms with E-state index in [2.05, 4.69) is 5.32 Å². The molecule has 2 unspecified atom stereocenters. The van der Waals surface area contributed by atoms with Gasteiger partial charge in [0.2, 0.25) is 0 Å². The molecule has 11 heavy (non-hydrogen) atoms. The van der Waals surface area contributed by atoms with Crippen molar-refractivity contribution in [3.8, 4) is 0 Å². The van der Waals surface area contributed by atoms with Crippen molar-refractivity contribution in [2.75, 3.05) is 6.54 Å². The number of hydrogen-bond acceptors (Lipinski definition) is 1. The van der Waals surface area contributed by atoms with Crippen LogP contribution in [0.15, 0.2) is 0 Å². The van der Waals surface area contributed by atoms with Crippen molar-refractivity contribution < 1.29 is 8.78 Å². The summed E-state index contributed by atoms with van der Waals surface area (Å²) in [5.41, 5.74) is 0. The fourth-order valence-electron chi connectivity index (χ4n) is 2.29. The molecule has 0 aromatic carbocycles. The summed E-state index contributed by atoms with van der Waals surface area (Å²) < 4.78 is 26.0. The Labute approximate surface area is 65.2 Å². The summed E-state index contributed by atoms with van der Waals surface area (Å²) >= 11 is 0. The molecule has 0 radical (unpaired) electrons. The maximum atomic E-state index is 13.0. The van der Waals surface area contributed by atoms with Gasteiger partial charge in [0.05, 0.1) is 6.04 Å². The van der Waals surface area contributed by atoms with Gasteiger partial charge in [-0.2, -0.15) is 0 Å². The van der Waals surface area contributed by atoms with Crippen LogP contribution in [0, 0.1) is 5.92 Å². The number of halogens is 2. The molecule has 1 nitrogen and oxygen atoms in total. The summed E-state index contributed by atoms with van der Waals surface area (Å²) in [6.45, 7) is 0.775. The van der Waals surface area contributed by atoms with E-state index in [1.165, 1.54) is 0 Å². The molecule has 1 saturated carbocycles. The maximum Gasteiger partial charge on any atom is 0.263 e. The van der Waals surface area contributed by atoms with Crippen LogP contribution in [0.1, 0.15) is 25.7 Å². The van der Waals surface area contributed by atoms with Gasteiger partial charge in [-0.3, -0.25) is 0 Å². The minimum Gasteiger partial charge on any atom is -0.308 e. The molecule has 1 aliphatic heterocycles. The zero-order chi connectivity index (χ0) is 7.90. The van der Waals surface area contributed by atoms with Crippen LogP contribution in [-0.2, 0) is 0 Å². The molecule has 3 heteroatoms. The predicted octanol–water partition coefficient (Wildman–Crippen LogP) is 1.78. The highest BCUT2D eigenvalue weighted by molar-refractivity contribution is 4.97. The lowest BCUT2D eigenvalue weighted by Crippen LogP contribution is -2.47. The molecule has 0 spiro atoms. The Morgan fingerprint density at radius 1 is 1.27 bits per heavy atom. The van der Waals surface area contributed by atoms with Crippen LogP contribution in [0.25, 0.3) is 0 Å². The fraction of sp³-hybridized carbons (Fsp3) is 1.00. The third kappa shape index (κ3) is 1.15. The lowest BCUT2D eigenvalue weighted by molar-refractivity contribution is -0.0295. The average molecular weight is 161 g/mol. The van der Waals surface area contributed by atoms with Crippen molar-refractivity contribution in [2.45, 2.75) is 37.6 Å². The first-order valence-electron chi connectivity index (χ1n) is 4.31. The molecule has 0 bridgehead atoms. The fourth-order valence-corrected chi connectivity index (χ4v) is 2.29. The van der Waals surface area contributed by atoms with Gasteiger partial charge in [0.25, 0.3) is 5.92 Å². The van der Waals surface area contributed by atoms with Crippen LogP contribution < -0.4 is 5.32 Å². The van der Waals surface area contributed by atoms with E-state index in [-0.39, 0.29) is 12.3 Å². The number of nitrogens with one attached hydrogen (secondary N) is 1. The Morgan fingerprint density at radius 2 is 2.09 bits per heavy atom. The summed E-state index contributed by atoms with van der Waals surface area (Å²) in [7, 11) is 0. The first-order valence-corrected chi connectivity index (χ1v) is 4.31. The van der Waals surface area contributed by atoms with E-state index < -0.39 is 12.0 Å². The van der Waals surface area contributed by atoms with E-state index in [0.29, 0.717) is 6.42 Å². The molecule has 0 aromatic rings. The maximum absolute atomic E-state index is 13.0. The summed E-state index contributed by atoms with van der Waals surface area (Å²) in [5, 5.41) is 2.92. The van der Waals surface area contributed by atoms with E-state index in [4.69, 9.17) is 0 Å². The largest absolute Gasteiger partial charge is 0.308 e. The van der Waals surface area contributed by atoms with Gasteiger partial charge in [0.1, 0.15) is 0 Å². The third-order valence-electron chi connectivity index (χ3n) is 2.89. The quantitative estimate of drug-likeness (QED) is 0.571. The highest BCUT2D eigenvalue weighted by Gasteiger charge is 2.50. The standard InChI is InChI=1S/C8H13F2N/c9-8(10)4-3-6-2-1-5-11-7(6)8/h6-7,11H,1-5H2. The lowest BCUT2D eigenvalue weighted by atomic mass is 9.93. The second-order valence-corrected chi connectivity index (χ2v) is 3.63. The summed E-state index contributed by atoms with van der Waals surface area (Å²) in [4.78, 5) is 0. The van der Waals surface area contributed by atoms with Crippen molar-refractivity contribution in [1.82, 2.24) is 5.32 Å². The van der Waals surface area contributed by atoms with Gasteiger partial charge in [0, 0.05) is 6.42 Å². The molecular formula is C8H13F2N. The average Bonchev–Trinajstić information content (AvgIpc) is 2.29. The van der Waals surface area contributed by atoms with Gasteiger partial charge in [-0.15, -0.1) is 0 Å². The first kappa shape index (κ1) is 7.47. The molecule has 1 aliphatic carbocycles. The topological polar surface area (TPSA) is 12.0 Å². The highest BCUT2D eigenvalue weighted by Crippen LogP contribution is 2.42. The molecule has 0 amide bonds. The molecule has 1 N–H and O–H groups in total. The van der Waals surface area contributed by atoms with Crippen LogP contribution in [-0.4, -0.2) is 18.5 Å². The molecule has 2 atom stereocenters. The summed E-state index contributed by atoms with van der Waals surface area (Å²) in [5.74, 6) is -2.18. The van der Waals surface area contributed by atoms with E-state index in [0.717, 1.165) is 19.4 Å². The van der Waals surface area contributed by atoms with Gasteiger partial charge in [-0.25, -0.2) is 8.78 Å². The van der Waals surface area contributed by atoms with Crippen molar-refractivity contribution >= 4 is 0 Å². The molecular weight excluding hydrogens is 148 g/mol. The minimum atomic E-state index is -2.43. The molecule has 2 aliphatic rings. The van der Waals surface area contributed by atoms with Crippen LogP contribution in [0.3, 0.4) is 0 Å². The van der Waals surface area contributed by atoms with E-state index in [1.807, 2.05) is 0 Å². The third-order valence-corrected chi connectivity index (χ3v) is 2.89. The first-order chi connectivity index (χ1) is 5.20. The molecule has 1 saturated heterocycles. The smallest absolute Gasteiger partial charge is 0.263 e. The van der Waals surface area contributed by atoms with E-state index in [9.17, 15) is 8.78 Å². The number of hydrogen-bond donors (Lipinski definition) is 1. The zero-order valence-corrected chi connectivity index (χ0v) is 6.45. The van der Waals surface area contributed by atoms with Gasteiger partial charge in [0.15, 0.2) is 0 Å². The molecule has 2 fully saturated rings. The van der Waals surface area contributed by atoms with Crippen molar-refractivity contribution in [2.24, 2.45) is 5.92 Å². The van der Waals surface area contributed by atoms with Crippen molar-refractivity contribution in [3.63, 3.8) is 0 Å². The SMILES string of the molecule is FC1(F)CCC2CCCNC21. The number of fused-ring (bicyclic) bond motifs is 1. The van der Waals surface area contributed by atoms with Gasteiger partial charge >= 0.3 is 0 Å². The molecule has 2 rings (SSSR count). The Morgan fingerprint density at radius 3 is 2.82 bits per heavy atom. The highest BCUT2D eigenvalue weighted by atomic mass is 19.3. The molecule has 1 heterocycles. The Hall–Kier alpha value is -0.180. The minimum absolute atomic E-state index is 0.0926. The van der Waals surface area contributed by atoms with Crippen molar-refractivity contribution in [1.29, 1.82) is 0 Å².